The van der Waals surface area contributed by atoms with E-state index in [2.05, 4.69) is 4.98 Å². The molecule has 0 aliphatic carbocycles. The first-order chi connectivity index (χ1) is 8.72. The van der Waals surface area contributed by atoms with Crippen molar-refractivity contribution in [3.63, 3.8) is 0 Å². The Morgan fingerprint density at radius 3 is 2.33 bits per heavy atom. The summed E-state index contributed by atoms with van der Waals surface area (Å²) in [5.41, 5.74) is 6.28. The van der Waals surface area contributed by atoms with Crippen LogP contribution >= 0.6 is 0 Å². The molecular formula is C14H12F2N2. The molecule has 0 aliphatic heterocycles. The van der Waals surface area contributed by atoms with Crippen molar-refractivity contribution in [1.29, 1.82) is 0 Å². The van der Waals surface area contributed by atoms with Gasteiger partial charge in [0.2, 0.25) is 0 Å². The lowest BCUT2D eigenvalue weighted by molar-refractivity contribution is 0.699. The molecule has 0 atom stereocenters. The Morgan fingerprint density at radius 2 is 1.67 bits per heavy atom. The van der Waals surface area contributed by atoms with Crippen molar-refractivity contribution in [2.24, 2.45) is 5.73 Å². The van der Waals surface area contributed by atoms with Crippen LogP contribution in [0.2, 0.25) is 0 Å². The van der Waals surface area contributed by atoms with Crippen LogP contribution in [0.3, 0.4) is 0 Å². The van der Waals surface area contributed by atoms with Gasteiger partial charge >= 0.3 is 0 Å². The van der Waals surface area contributed by atoms with Gasteiger partial charge in [0.1, 0.15) is 0 Å². The van der Waals surface area contributed by atoms with Gasteiger partial charge in [-0.25, -0.2) is 8.78 Å². The van der Waals surface area contributed by atoms with Gasteiger partial charge in [0.05, 0.1) is 5.69 Å². The summed E-state index contributed by atoms with van der Waals surface area (Å²) >= 11 is 0. The predicted molar refractivity (Wildman–Crippen MR) is 67.6 cm³/mol. The molecule has 0 amide bonds. The molecule has 92 valence electrons. The molecule has 0 unspecified atom stereocenters. The molecule has 18 heavy (non-hydrogen) atoms. The Labute approximate surface area is 104 Å². The van der Waals surface area contributed by atoms with Crippen LogP contribution in [-0.2, 0) is 6.54 Å². The largest absolute Gasteiger partial charge is 0.325 e. The molecule has 0 saturated carbocycles. The van der Waals surface area contributed by atoms with Crippen LogP contribution in [0.25, 0.3) is 11.7 Å². The molecular weight excluding hydrogens is 234 g/mol. The zero-order valence-electron chi connectivity index (χ0n) is 9.61. The van der Waals surface area contributed by atoms with E-state index in [0.717, 1.165) is 0 Å². The average Bonchev–Trinajstić information content (AvgIpc) is 2.46. The molecule has 1 aromatic carbocycles. The summed E-state index contributed by atoms with van der Waals surface area (Å²) in [4.78, 5) is 3.94. The van der Waals surface area contributed by atoms with Crippen molar-refractivity contribution >= 4 is 11.7 Å². The van der Waals surface area contributed by atoms with Crippen LogP contribution in [-0.4, -0.2) is 4.98 Å². The summed E-state index contributed by atoms with van der Waals surface area (Å²) in [6, 6.07) is 10.9. The number of halogens is 2. The van der Waals surface area contributed by atoms with Crippen LogP contribution in [0, 0.1) is 0 Å². The average molecular weight is 246 g/mol. The highest BCUT2D eigenvalue weighted by atomic mass is 19.2. The second-order valence-electron chi connectivity index (χ2n) is 3.73. The third kappa shape index (κ3) is 2.60. The van der Waals surface area contributed by atoms with Crippen molar-refractivity contribution < 1.29 is 8.78 Å². The minimum Gasteiger partial charge on any atom is -0.325 e. The minimum atomic E-state index is -0.904. The van der Waals surface area contributed by atoms with Crippen molar-refractivity contribution in [2.45, 2.75) is 6.54 Å². The van der Waals surface area contributed by atoms with Gasteiger partial charge < -0.3 is 5.73 Å². The predicted octanol–water partition coefficient (Wildman–Crippen LogP) is 3.31. The minimum absolute atomic E-state index is 0.145. The topological polar surface area (TPSA) is 38.9 Å². The molecule has 0 bridgehead atoms. The molecule has 0 saturated heterocycles. The van der Waals surface area contributed by atoms with E-state index in [1.54, 1.807) is 18.2 Å². The summed E-state index contributed by atoms with van der Waals surface area (Å²) in [5, 5.41) is 0. The van der Waals surface area contributed by atoms with Gasteiger partial charge in [0.25, 0.3) is 0 Å². The van der Waals surface area contributed by atoms with Crippen LogP contribution < -0.4 is 5.73 Å². The maximum Gasteiger partial charge on any atom is 0.166 e. The van der Waals surface area contributed by atoms with Crippen molar-refractivity contribution in [1.82, 2.24) is 4.98 Å². The van der Waals surface area contributed by atoms with Crippen molar-refractivity contribution in [2.75, 3.05) is 0 Å². The summed E-state index contributed by atoms with van der Waals surface area (Å²) in [7, 11) is 0. The SMILES string of the molecule is NCc1cc(/C(F)=C(\F)c2ccccc2)ccn1. The molecule has 1 aromatic heterocycles. The van der Waals surface area contributed by atoms with Gasteiger partial charge in [-0.05, 0) is 12.1 Å². The maximum atomic E-state index is 14.0. The van der Waals surface area contributed by atoms with E-state index in [1.807, 2.05) is 0 Å². The number of aromatic nitrogens is 1. The van der Waals surface area contributed by atoms with Gasteiger partial charge in [0.15, 0.2) is 11.7 Å². The fraction of sp³-hybridized carbons (Fsp3) is 0.0714. The molecule has 0 spiro atoms. The fourth-order valence-electron chi connectivity index (χ4n) is 1.56. The van der Waals surface area contributed by atoms with E-state index in [-0.39, 0.29) is 17.7 Å². The van der Waals surface area contributed by atoms with Crippen LogP contribution in [0.4, 0.5) is 8.78 Å². The fourth-order valence-corrected chi connectivity index (χ4v) is 1.56. The standard InChI is InChI=1S/C14H12F2N2/c15-13(10-4-2-1-3-5-10)14(16)11-6-7-18-12(8-11)9-17/h1-8H,9,17H2/b14-13+. The van der Waals surface area contributed by atoms with Crippen LogP contribution in [0.1, 0.15) is 16.8 Å². The first-order valence-electron chi connectivity index (χ1n) is 5.48. The van der Waals surface area contributed by atoms with E-state index in [0.29, 0.717) is 5.69 Å². The molecule has 0 aliphatic rings. The zero-order valence-corrected chi connectivity index (χ0v) is 9.61. The molecule has 2 aromatic rings. The summed E-state index contributed by atoms with van der Waals surface area (Å²) < 4.78 is 27.9. The molecule has 4 heteroatoms. The van der Waals surface area contributed by atoms with Crippen LogP contribution in [0.15, 0.2) is 48.7 Å². The van der Waals surface area contributed by atoms with Gasteiger partial charge in [0, 0.05) is 23.9 Å². The summed E-state index contributed by atoms with van der Waals surface area (Å²) in [6.07, 6.45) is 1.41. The normalized spacial score (nSPS) is 12.2. The van der Waals surface area contributed by atoms with E-state index in [1.165, 1.54) is 30.5 Å². The Balaban J connectivity index is 2.43. The van der Waals surface area contributed by atoms with E-state index in [9.17, 15) is 8.78 Å². The van der Waals surface area contributed by atoms with Gasteiger partial charge in [-0.1, -0.05) is 30.3 Å². The zero-order chi connectivity index (χ0) is 13.0. The monoisotopic (exact) mass is 246 g/mol. The third-order valence-corrected chi connectivity index (χ3v) is 2.50. The molecule has 2 N–H and O–H groups in total. The second-order valence-corrected chi connectivity index (χ2v) is 3.73. The Morgan fingerprint density at radius 1 is 1.00 bits per heavy atom. The number of benzene rings is 1. The Hall–Kier alpha value is -2.07. The van der Waals surface area contributed by atoms with Crippen LogP contribution in [0.5, 0.6) is 0 Å². The molecule has 0 radical (unpaired) electrons. The van der Waals surface area contributed by atoms with Crippen molar-refractivity contribution in [3.05, 3.63) is 65.5 Å². The first kappa shape index (κ1) is 12.4. The molecule has 2 nitrogen and oxygen atoms in total. The number of nitrogens with two attached hydrogens (primary N) is 1. The number of hydrogen-bond donors (Lipinski definition) is 1. The van der Waals surface area contributed by atoms with E-state index < -0.39 is 11.7 Å². The third-order valence-electron chi connectivity index (χ3n) is 2.50. The van der Waals surface area contributed by atoms with E-state index >= 15 is 0 Å². The highest BCUT2D eigenvalue weighted by Crippen LogP contribution is 2.28. The molecule has 1 heterocycles. The molecule has 2 rings (SSSR count). The van der Waals surface area contributed by atoms with Gasteiger partial charge in [-0.15, -0.1) is 0 Å². The lowest BCUT2D eigenvalue weighted by Gasteiger charge is -2.03. The summed E-state index contributed by atoms with van der Waals surface area (Å²) in [5.74, 6) is -1.79. The first-order valence-corrected chi connectivity index (χ1v) is 5.48. The van der Waals surface area contributed by atoms with Gasteiger partial charge in [-0.2, -0.15) is 0 Å². The Kier molecular flexibility index (Phi) is 3.79. The number of rotatable bonds is 3. The number of pyridine rings is 1. The maximum absolute atomic E-state index is 14.0. The smallest absolute Gasteiger partial charge is 0.166 e. The second kappa shape index (κ2) is 5.51. The van der Waals surface area contributed by atoms with Crippen molar-refractivity contribution in [3.8, 4) is 0 Å². The number of hydrogen-bond acceptors (Lipinski definition) is 2. The molecule has 0 fully saturated rings. The lowest BCUT2D eigenvalue weighted by Crippen LogP contribution is -1.99. The highest BCUT2D eigenvalue weighted by molar-refractivity contribution is 5.82. The summed E-state index contributed by atoms with van der Waals surface area (Å²) in [6.45, 7) is 0.189. The quantitative estimate of drug-likeness (QED) is 0.902. The highest BCUT2D eigenvalue weighted by Gasteiger charge is 2.11. The lowest BCUT2D eigenvalue weighted by atomic mass is 10.1. The number of nitrogens with zero attached hydrogens (tertiary/aromatic N) is 1. The Bertz CT molecular complexity index is 565. The van der Waals surface area contributed by atoms with Gasteiger partial charge in [-0.3, -0.25) is 4.98 Å². The van der Waals surface area contributed by atoms with E-state index in [4.69, 9.17) is 5.73 Å².